The maximum atomic E-state index is 12.8. The molecule has 2 N–H and O–H groups in total. The standard InChI is InChI=1S/C19H27N5O3S/c1-28(26,27)21-18(22-10-2-3-11-22)14-6-8-15(9-7-14)24-13-17-16(20)5-4-12-23(17)19(24)25/h6-9,16-17H,2-5,10-13,20H2,1H3/t16-,17-/m1/s1. The number of carbonyl (C=O) groups is 1. The summed E-state index contributed by atoms with van der Waals surface area (Å²) >= 11 is 0. The molecule has 1 aromatic rings. The van der Waals surface area contributed by atoms with Crippen LogP contribution >= 0.6 is 0 Å². The van der Waals surface area contributed by atoms with Gasteiger partial charge in [-0.3, -0.25) is 4.90 Å². The Balaban J connectivity index is 1.59. The molecule has 28 heavy (non-hydrogen) atoms. The number of fused-ring (bicyclic) bond motifs is 1. The number of carbonyl (C=O) groups excluding carboxylic acids is 1. The van der Waals surface area contributed by atoms with Crippen LogP contribution in [0, 0.1) is 0 Å². The molecular formula is C19H27N5O3S. The van der Waals surface area contributed by atoms with Crippen LogP contribution in [0.25, 0.3) is 0 Å². The fraction of sp³-hybridized carbons (Fsp3) is 0.579. The van der Waals surface area contributed by atoms with Crippen molar-refractivity contribution in [2.24, 2.45) is 10.1 Å². The van der Waals surface area contributed by atoms with Gasteiger partial charge in [0.15, 0.2) is 0 Å². The van der Waals surface area contributed by atoms with Gasteiger partial charge in [0, 0.05) is 43.5 Å². The van der Waals surface area contributed by atoms with E-state index in [2.05, 4.69) is 4.40 Å². The quantitative estimate of drug-likeness (QED) is 0.602. The van der Waals surface area contributed by atoms with E-state index in [0.29, 0.717) is 12.4 Å². The van der Waals surface area contributed by atoms with Crippen molar-refractivity contribution in [2.75, 3.05) is 37.3 Å². The molecule has 3 fully saturated rings. The molecule has 0 saturated carbocycles. The first-order chi connectivity index (χ1) is 13.3. The number of sulfonamides is 1. The summed E-state index contributed by atoms with van der Waals surface area (Å²) in [6.45, 7) is 2.95. The lowest BCUT2D eigenvalue weighted by atomic mass is 9.99. The van der Waals surface area contributed by atoms with Crippen LogP contribution in [0.1, 0.15) is 31.2 Å². The van der Waals surface area contributed by atoms with Crippen LogP contribution < -0.4 is 10.6 Å². The number of rotatable bonds is 3. The van der Waals surface area contributed by atoms with Crippen LogP contribution in [0.15, 0.2) is 28.7 Å². The van der Waals surface area contributed by atoms with E-state index in [9.17, 15) is 13.2 Å². The number of amidine groups is 1. The van der Waals surface area contributed by atoms with Crippen LogP contribution in [0.2, 0.25) is 0 Å². The van der Waals surface area contributed by atoms with Crippen LogP contribution in [-0.4, -0.2) is 74.6 Å². The number of hydrogen-bond donors (Lipinski definition) is 1. The molecule has 152 valence electrons. The van der Waals surface area contributed by atoms with E-state index in [-0.39, 0.29) is 18.1 Å². The molecule has 9 heteroatoms. The molecule has 3 heterocycles. The van der Waals surface area contributed by atoms with Gasteiger partial charge >= 0.3 is 6.03 Å². The highest BCUT2D eigenvalue weighted by atomic mass is 32.2. The van der Waals surface area contributed by atoms with E-state index in [4.69, 9.17) is 5.73 Å². The molecule has 4 rings (SSSR count). The van der Waals surface area contributed by atoms with Crippen LogP contribution in [0.4, 0.5) is 10.5 Å². The first-order valence-electron chi connectivity index (χ1n) is 9.82. The number of nitrogens with two attached hydrogens (primary N) is 1. The fourth-order valence-corrected chi connectivity index (χ4v) is 4.90. The van der Waals surface area contributed by atoms with E-state index < -0.39 is 10.0 Å². The van der Waals surface area contributed by atoms with Gasteiger partial charge in [0.05, 0.1) is 12.3 Å². The number of anilines is 1. The van der Waals surface area contributed by atoms with E-state index in [1.165, 1.54) is 0 Å². The lowest BCUT2D eigenvalue weighted by Gasteiger charge is -2.32. The Hall–Kier alpha value is -2.13. The zero-order valence-electron chi connectivity index (χ0n) is 16.1. The van der Waals surface area contributed by atoms with Gasteiger partial charge in [-0.05, 0) is 49.9 Å². The number of piperidine rings is 1. The Kier molecular flexibility index (Phi) is 5.05. The van der Waals surface area contributed by atoms with E-state index in [1.807, 2.05) is 34.1 Å². The Bertz CT molecular complexity index is 877. The molecule has 0 aliphatic carbocycles. The molecule has 2 amide bonds. The van der Waals surface area contributed by atoms with Gasteiger partial charge < -0.3 is 15.5 Å². The molecule has 3 saturated heterocycles. The van der Waals surface area contributed by atoms with Gasteiger partial charge in [-0.15, -0.1) is 4.40 Å². The Morgan fingerprint density at radius 2 is 1.79 bits per heavy atom. The highest BCUT2D eigenvalue weighted by Gasteiger charge is 2.42. The van der Waals surface area contributed by atoms with Gasteiger partial charge in [-0.2, -0.15) is 0 Å². The molecule has 8 nitrogen and oxygen atoms in total. The number of hydrogen-bond acceptors (Lipinski definition) is 4. The summed E-state index contributed by atoms with van der Waals surface area (Å²) in [6.07, 6.45) is 5.06. The van der Waals surface area contributed by atoms with Crippen LogP contribution in [-0.2, 0) is 10.0 Å². The fourth-order valence-electron chi connectivity index (χ4n) is 4.36. The number of benzene rings is 1. The minimum atomic E-state index is -3.50. The normalized spacial score (nSPS) is 26.1. The third-order valence-electron chi connectivity index (χ3n) is 5.77. The van der Waals surface area contributed by atoms with Crippen molar-refractivity contribution >= 4 is 27.6 Å². The number of nitrogens with zero attached hydrogens (tertiary/aromatic N) is 4. The van der Waals surface area contributed by atoms with Crippen LogP contribution in [0.5, 0.6) is 0 Å². The molecule has 2 atom stereocenters. The molecule has 0 radical (unpaired) electrons. The second-order valence-electron chi connectivity index (χ2n) is 7.85. The summed E-state index contributed by atoms with van der Waals surface area (Å²) in [7, 11) is -3.50. The number of amides is 2. The maximum absolute atomic E-state index is 12.8. The molecule has 0 bridgehead atoms. The number of likely N-dealkylation sites (tertiary alicyclic amines) is 1. The minimum Gasteiger partial charge on any atom is -0.355 e. The van der Waals surface area contributed by atoms with E-state index >= 15 is 0 Å². The predicted octanol–water partition coefficient (Wildman–Crippen LogP) is 1.22. The summed E-state index contributed by atoms with van der Waals surface area (Å²) in [5.41, 5.74) is 7.76. The summed E-state index contributed by atoms with van der Waals surface area (Å²) in [5, 5.41) is 0. The molecule has 3 aliphatic rings. The smallest absolute Gasteiger partial charge is 0.324 e. The van der Waals surface area contributed by atoms with Crippen molar-refractivity contribution in [2.45, 2.75) is 37.8 Å². The lowest BCUT2D eigenvalue weighted by molar-refractivity contribution is 0.175. The van der Waals surface area contributed by atoms with Gasteiger partial charge in [0.1, 0.15) is 5.84 Å². The van der Waals surface area contributed by atoms with Crippen molar-refractivity contribution in [3.8, 4) is 0 Å². The first kappa shape index (κ1) is 19.2. The zero-order valence-corrected chi connectivity index (χ0v) is 16.9. The van der Waals surface area contributed by atoms with E-state index in [1.54, 1.807) is 4.90 Å². The summed E-state index contributed by atoms with van der Waals surface area (Å²) in [4.78, 5) is 18.4. The zero-order chi connectivity index (χ0) is 19.9. The minimum absolute atomic E-state index is 0.00234. The van der Waals surface area contributed by atoms with Gasteiger partial charge in [-0.25, -0.2) is 13.2 Å². The van der Waals surface area contributed by atoms with Crippen molar-refractivity contribution < 1.29 is 13.2 Å². The van der Waals surface area contributed by atoms with Crippen molar-refractivity contribution in [1.29, 1.82) is 0 Å². The average Bonchev–Trinajstić information content (AvgIpc) is 3.29. The van der Waals surface area contributed by atoms with Gasteiger partial charge in [0.2, 0.25) is 0 Å². The third-order valence-corrected chi connectivity index (χ3v) is 6.28. The molecular weight excluding hydrogens is 378 g/mol. The first-order valence-corrected chi connectivity index (χ1v) is 11.7. The third kappa shape index (κ3) is 3.73. The molecule has 0 unspecified atom stereocenters. The predicted molar refractivity (Wildman–Crippen MR) is 109 cm³/mol. The molecule has 3 aliphatic heterocycles. The van der Waals surface area contributed by atoms with Gasteiger partial charge in [-0.1, -0.05) is 0 Å². The van der Waals surface area contributed by atoms with Gasteiger partial charge in [0.25, 0.3) is 10.0 Å². The maximum Gasteiger partial charge on any atom is 0.324 e. The molecule has 0 aromatic heterocycles. The van der Waals surface area contributed by atoms with Crippen molar-refractivity contribution in [1.82, 2.24) is 9.80 Å². The molecule has 1 aromatic carbocycles. The van der Waals surface area contributed by atoms with Crippen molar-refractivity contribution in [3.05, 3.63) is 29.8 Å². The van der Waals surface area contributed by atoms with Crippen molar-refractivity contribution in [3.63, 3.8) is 0 Å². The second kappa shape index (κ2) is 7.36. The second-order valence-corrected chi connectivity index (χ2v) is 9.50. The highest BCUT2D eigenvalue weighted by molar-refractivity contribution is 7.89. The number of urea groups is 1. The average molecular weight is 406 g/mol. The summed E-state index contributed by atoms with van der Waals surface area (Å²) in [6, 6.07) is 7.51. The molecule has 0 spiro atoms. The van der Waals surface area contributed by atoms with Crippen LogP contribution in [0.3, 0.4) is 0 Å². The topological polar surface area (TPSA) is 99.3 Å². The summed E-state index contributed by atoms with van der Waals surface area (Å²) < 4.78 is 27.5. The Morgan fingerprint density at radius 1 is 1.11 bits per heavy atom. The van der Waals surface area contributed by atoms with E-state index in [0.717, 1.165) is 62.8 Å². The Morgan fingerprint density at radius 3 is 2.39 bits per heavy atom. The Labute approximate surface area is 166 Å². The lowest BCUT2D eigenvalue weighted by Crippen LogP contribution is -2.50. The summed E-state index contributed by atoms with van der Waals surface area (Å²) in [5.74, 6) is 0.485. The SMILES string of the molecule is CS(=O)(=O)N=C(c1ccc(N2C[C@@H]3[C@H](N)CCCN3C2=O)cc1)N1CCCC1. The monoisotopic (exact) mass is 405 g/mol. The largest absolute Gasteiger partial charge is 0.355 e. The highest BCUT2D eigenvalue weighted by Crippen LogP contribution is 2.29.